The highest BCUT2D eigenvalue weighted by Crippen LogP contribution is 2.23. The largest absolute Gasteiger partial charge is 0.292 e. The van der Waals surface area contributed by atoms with Crippen LogP contribution in [0.5, 0.6) is 0 Å². The Labute approximate surface area is 117 Å². The summed E-state index contributed by atoms with van der Waals surface area (Å²) in [5, 5.41) is 9.30. The van der Waals surface area contributed by atoms with E-state index in [2.05, 4.69) is 0 Å². The smallest absolute Gasteiger partial charge is 0.184 e. The van der Waals surface area contributed by atoms with Crippen LogP contribution in [0.25, 0.3) is 0 Å². The molecule has 100 valence electrons. The average molecular weight is 267 g/mol. The molecule has 0 aromatic heterocycles. The number of carbonyl (C=O) groups excluding carboxylic acids is 1. The maximum Gasteiger partial charge on any atom is 0.184 e. The van der Waals surface area contributed by atoms with Crippen LogP contribution in [-0.2, 0) is 0 Å². The van der Waals surface area contributed by atoms with E-state index in [0.717, 1.165) is 5.56 Å². The molecule has 0 heterocycles. The van der Waals surface area contributed by atoms with E-state index in [-0.39, 0.29) is 11.6 Å². The second kappa shape index (κ2) is 5.66. The number of aryl methyl sites for hydroxylation is 2. The molecule has 20 heavy (non-hydrogen) atoms. The number of hydrogen-bond acceptors (Lipinski definition) is 2. The van der Waals surface area contributed by atoms with Gasteiger partial charge in [-0.15, -0.1) is 0 Å². The Kier molecular flexibility index (Phi) is 3.95. The van der Waals surface area contributed by atoms with Gasteiger partial charge in [-0.3, -0.25) is 4.79 Å². The van der Waals surface area contributed by atoms with Gasteiger partial charge in [0.1, 0.15) is 11.7 Å². The molecule has 0 N–H and O–H groups in total. The second-order valence-electron chi connectivity index (χ2n) is 4.80. The zero-order valence-electron chi connectivity index (χ0n) is 11.4. The van der Waals surface area contributed by atoms with Gasteiger partial charge in [0.15, 0.2) is 5.78 Å². The van der Waals surface area contributed by atoms with Crippen LogP contribution in [0.3, 0.4) is 0 Å². The number of carbonyl (C=O) groups is 1. The first kappa shape index (κ1) is 14.0. The molecule has 0 bridgehead atoms. The lowest BCUT2D eigenvalue weighted by Gasteiger charge is -2.11. The van der Waals surface area contributed by atoms with Crippen molar-refractivity contribution in [2.45, 2.75) is 19.8 Å². The minimum Gasteiger partial charge on any atom is -0.292 e. The van der Waals surface area contributed by atoms with Crippen LogP contribution in [0.15, 0.2) is 42.5 Å². The molecule has 1 unspecified atom stereocenters. The molecule has 0 saturated heterocycles. The molecular formula is C17H14FNO. The standard InChI is InChI=1S/C17H14FNO/c1-11-4-3-5-13(8-11)16(10-19)17(20)15-7-6-14(18)9-12(15)2/h3-9,16H,1-2H3. The lowest BCUT2D eigenvalue weighted by Crippen LogP contribution is -2.13. The van der Waals surface area contributed by atoms with E-state index in [1.54, 1.807) is 13.0 Å². The Morgan fingerprint density at radius 1 is 1.20 bits per heavy atom. The van der Waals surface area contributed by atoms with Crippen molar-refractivity contribution in [3.8, 4) is 6.07 Å². The number of hydrogen-bond donors (Lipinski definition) is 0. The van der Waals surface area contributed by atoms with Crippen molar-refractivity contribution >= 4 is 5.78 Å². The van der Waals surface area contributed by atoms with Gasteiger partial charge in [-0.25, -0.2) is 4.39 Å². The van der Waals surface area contributed by atoms with Crippen LogP contribution in [-0.4, -0.2) is 5.78 Å². The van der Waals surface area contributed by atoms with Crippen LogP contribution in [0, 0.1) is 31.0 Å². The number of rotatable bonds is 3. The number of ketones is 1. The molecule has 0 amide bonds. The molecule has 1 atom stereocenters. The van der Waals surface area contributed by atoms with E-state index in [0.29, 0.717) is 16.7 Å². The summed E-state index contributed by atoms with van der Waals surface area (Å²) in [4.78, 5) is 12.5. The molecule has 0 spiro atoms. The van der Waals surface area contributed by atoms with Crippen LogP contribution in [0.1, 0.15) is 33.0 Å². The summed E-state index contributed by atoms with van der Waals surface area (Å²) >= 11 is 0. The summed E-state index contributed by atoms with van der Waals surface area (Å²) in [6.45, 7) is 3.58. The molecule has 2 aromatic carbocycles. The Morgan fingerprint density at radius 2 is 1.95 bits per heavy atom. The van der Waals surface area contributed by atoms with Crippen molar-refractivity contribution in [1.29, 1.82) is 5.26 Å². The van der Waals surface area contributed by atoms with Crippen LogP contribution in [0.4, 0.5) is 4.39 Å². The number of Topliss-reactive ketones (excluding diaryl/α,β-unsaturated/α-hetero) is 1. The first-order valence-corrected chi connectivity index (χ1v) is 6.29. The van der Waals surface area contributed by atoms with Gasteiger partial charge in [-0.1, -0.05) is 29.8 Å². The summed E-state index contributed by atoms with van der Waals surface area (Å²) in [7, 11) is 0. The molecule has 0 fully saturated rings. The van der Waals surface area contributed by atoms with E-state index >= 15 is 0 Å². The normalized spacial score (nSPS) is 11.7. The predicted octanol–water partition coefficient (Wildman–Crippen LogP) is 3.93. The summed E-state index contributed by atoms with van der Waals surface area (Å²) in [5.41, 5.74) is 2.59. The fourth-order valence-corrected chi connectivity index (χ4v) is 2.19. The Morgan fingerprint density at radius 3 is 2.55 bits per heavy atom. The van der Waals surface area contributed by atoms with E-state index in [1.165, 1.54) is 18.2 Å². The molecule has 0 aliphatic carbocycles. The van der Waals surface area contributed by atoms with Gasteiger partial charge in [0, 0.05) is 5.56 Å². The van der Waals surface area contributed by atoms with Gasteiger partial charge in [-0.2, -0.15) is 5.26 Å². The topological polar surface area (TPSA) is 40.9 Å². The third-order valence-electron chi connectivity index (χ3n) is 3.22. The SMILES string of the molecule is Cc1cccc(C(C#N)C(=O)c2ccc(F)cc2C)c1. The Bertz CT molecular complexity index is 700. The van der Waals surface area contributed by atoms with Crippen molar-refractivity contribution in [3.63, 3.8) is 0 Å². The van der Waals surface area contributed by atoms with Gasteiger partial charge in [0.25, 0.3) is 0 Å². The maximum absolute atomic E-state index is 13.1. The highest BCUT2D eigenvalue weighted by atomic mass is 19.1. The molecule has 2 nitrogen and oxygen atoms in total. The number of nitrogens with zero attached hydrogens (tertiary/aromatic N) is 1. The van der Waals surface area contributed by atoms with Gasteiger partial charge >= 0.3 is 0 Å². The molecule has 0 saturated carbocycles. The van der Waals surface area contributed by atoms with E-state index in [4.69, 9.17) is 0 Å². The highest BCUT2D eigenvalue weighted by Gasteiger charge is 2.23. The van der Waals surface area contributed by atoms with Gasteiger partial charge in [-0.05, 0) is 43.2 Å². The number of halogens is 1. The Balaban J connectivity index is 2.42. The summed E-state index contributed by atoms with van der Waals surface area (Å²) < 4.78 is 13.1. The monoisotopic (exact) mass is 267 g/mol. The van der Waals surface area contributed by atoms with E-state index in [9.17, 15) is 14.4 Å². The lowest BCUT2D eigenvalue weighted by atomic mass is 9.89. The molecular weight excluding hydrogens is 253 g/mol. The fourth-order valence-electron chi connectivity index (χ4n) is 2.19. The first-order valence-electron chi connectivity index (χ1n) is 6.29. The zero-order valence-corrected chi connectivity index (χ0v) is 11.4. The van der Waals surface area contributed by atoms with E-state index in [1.807, 2.05) is 31.2 Å². The quantitative estimate of drug-likeness (QED) is 0.790. The van der Waals surface area contributed by atoms with Crippen LogP contribution in [0.2, 0.25) is 0 Å². The predicted molar refractivity (Wildman–Crippen MR) is 75.0 cm³/mol. The lowest BCUT2D eigenvalue weighted by molar-refractivity contribution is 0.0978. The van der Waals surface area contributed by atoms with Gasteiger partial charge < -0.3 is 0 Å². The molecule has 0 radical (unpaired) electrons. The van der Waals surface area contributed by atoms with Crippen molar-refractivity contribution in [2.75, 3.05) is 0 Å². The molecule has 0 aliphatic heterocycles. The minimum absolute atomic E-state index is 0.296. The zero-order chi connectivity index (χ0) is 14.7. The van der Waals surface area contributed by atoms with Crippen molar-refractivity contribution in [2.24, 2.45) is 0 Å². The van der Waals surface area contributed by atoms with E-state index < -0.39 is 5.92 Å². The third kappa shape index (κ3) is 2.75. The number of nitriles is 1. The second-order valence-corrected chi connectivity index (χ2v) is 4.80. The highest BCUT2D eigenvalue weighted by molar-refractivity contribution is 6.03. The van der Waals surface area contributed by atoms with Crippen LogP contribution < -0.4 is 0 Å². The summed E-state index contributed by atoms with van der Waals surface area (Å²) in [6.07, 6.45) is 0. The molecule has 3 heteroatoms. The minimum atomic E-state index is -0.862. The molecule has 2 rings (SSSR count). The maximum atomic E-state index is 13.1. The van der Waals surface area contributed by atoms with Gasteiger partial charge in [0.05, 0.1) is 6.07 Å². The Hall–Kier alpha value is -2.47. The van der Waals surface area contributed by atoms with Gasteiger partial charge in [0.2, 0.25) is 0 Å². The average Bonchev–Trinajstić information content (AvgIpc) is 2.39. The first-order chi connectivity index (χ1) is 9.52. The third-order valence-corrected chi connectivity index (χ3v) is 3.22. The summed E-state index contributed by atoms with van der Waals surface area (Å²) in [5.74, 6) is -1.54. The van der Waals surface area contributed by atoms with Crippen molar-refractivity contribution < 1.29 is 9.18 Å². The van der Waals surface area contributed by atoms with Crippen molar-refractivity contribution in [3.05, 3.63) is 70.5 Å². The van der Waals surface area contributed by atoms with Crippen LogP contribution >= 0.6 is 0 Å². The molecule has 2 aromatic rings. The summed E-state index contributed by atoms with van der Waals surface area (Å²) in [6, 6.07) is 13.3. The number of benzene rings is 2. The van der Waals surface area contributed by atoms with Crippen molar-refractivity contribution in [1.82, 2.24) is 0 Å². The fraction of sp³-hybridized carbons (Fsp3) is 0.176. The molecule has 0 aliphatic rings.